The van der Waals surface area contributed by atoms with E-state index in [0.717, 1.165) is 11.1 Å². The minimum Gasteiger partial charge on any atom is -0.493 e. The number of ether oxygens (including phenoxy) is 2. The average molecular weight is 415 g/mol. The third kappa shape index (κ3) is 4.44. The Kier molecular flexibility index (Phi) is 6.42. The molecule has 5 nitrogen and oxygen atoms in total. The molecule has 0 heterocycles. The van der Waals surface area contributed by atoms with Gasteiger partial charge in [0, 0.05) is 5.69 Å². The summed E-state index contributed by atoms with van der Waals surface area (Å²) in [6, 6.07) is 11.0. The van der Waals surface area contributed by atoms with Crippen LogP contribution in [0.25, 0.3) is 6.08 Å². The second-order valence-corrected chi connectivity index (χ2v) is 6.52. The van der Waals surface area contributed by atoms with Gasteiger partial charge in [-0.15, -0.1) is 0 Å². The molecule has 2 aromatic rings. The number of nitriles is 1. The highest BCUT2D eigenvalue weighted by molar-refractivity contribution is 9.10. The molecule has 0 fully saturated rings. The molecule has 134 valence electrons. The molecule has 0 atom stereocenters. The van der Waals surface area contributed by atoms with E-state index in [-0.39, 0.29) is 5.57 Å². The van der Waals surface area contributed by atoms with Crippen LogP contribution in [0.15, 0.2) is 40.4 Å². The predicted molar refractivity (Wildman–Crippen MR) is 105 cm³/mol. The molecule has 26 heavy (non-hydrogen) atoms. The van der Waals surface area contributed by atoms with Gasteiger partial charge in [-0.05, 0) is 76.8 Å². The molecule has 0 spiro atoms. The van der Waals surface area contributed by atoms with Gasteiger partial charge in [0.1, 0.15) is 11.6 Å². The van der Waals surface area contributed by atoms with E-state index in [4.69, 9.17) is 9.47 Å². The number of hydrogen-bond donors (Lipinski definition) is 1. The predicted octanol–water partition coefficient (Wildman–Crippen LogP) is 4.63. The summed E-state index contributed by atoms with van der Waals surface area (Å²) in [4.78, 5) is 12.4. The number of amides is 1. The van der Waals surface area contributed by atoms with Crippen molar-refractivity contribution >= 4 is 33.6 Å². The number of halogens is 1. The summed E-state index contributed by atoms with van der Waals surface area (Å²) in [5.74, 6) is 0.574. The van der Waals surface area contributed by atoms with Crippen molar-refractivity contribution in [1.82, 2.24) is 0 Å². The third-order valence-corrected chi connectivity index (χ3v) is 4.49. The molecule has 0 radical (unpaired) electrons. The maximum Gasteiger partial charge on any atom is 0.266 e. The average Bonchev–Trinajstić information content (AvgIpc) is 2.62. The Labute approximate surface area is 161 Å². The normalized spacial score (nSPS) is 10.8. The van der Waals surface area contributed by atoms with E-state index in [1.807, 2.05) is 38.1 Å². The Morgan fingerprint density at radius 1 is 1.15 bits per heavy atom. The molecule has 2 rings (SSSR count). The minimum atomic E-state index is -0.471. The molecule has 0 bridgehead atoms. The van der Waals surface area contributed by atoms with E-state index < -0.39 is 5.91 Å². The summed E-state index contributed by atoms with van der Waals surface area (Å²) in [6.07, 6.45) is 1.50. The number of nitrogens with one attached hydrogen (secondary N) is 1. The van der Waals surface area contributed by atoms with E-state index in [9.17, 15) is 10.1 Å². The summed E-state index contributed by atoms with van der Waals surface area (Å²) in [5, 5.41) is 12.1. The third-order valence-electron chi connectivity index (χ3n) is 3.90. The Morgan fingerprint density at radius 2 is 1.88 bits per heavy atom. The van der Waals surface area contributed by atoms with Crippen LogP contribution in [0, 0.1) is 25.2 Å². The summed E-state index contributed by atoms with van der Waals surface area (Å²) >= 11 is 3.40. The van der Waals surface area contributed by atoms with Crippen molar-refractivity contribution in [2.24, 2.45) is 0 Å². The van der Waals surface area contributed by atoms with Gasteiger partial charge >= 0.3 is 0 Å². The lowest BCUT2D eigenvalue weighted by Crippen LogP contribution is -2.13. The van der Waals surface area contributed by atoms with Crippen molar-refractivity contribution in [3.63, 3.8) is 0 Å². The van der Waals surface area contributed by atoms with E-state index in [2.05, 4.69) is 21.2 Å². The van der Waals surface area contributed by atoms with Crippen LogP contribution >= 0.6 is 15.9 Å². The van der Waals surface area contributed by atoms with E-state index in [1.165, 1.54) is 20.3 Å². The maximum atomic E-state index is 12.4. The Morgan fingerprint density at radius 3 is 2.46 bits per heavy atom. The maximum absolute atomic E-state index is 12.4. The number of carbonyl (C=O) groups excluding carboxylic acids is 1. The van der Waals surface area contributed by atoms with E-state index in [1.54, 1.807) is 12.1 Å². The highest BCUT2D eigenvalue weighted by atomic mass is 79.9. The fourth-order valence-electron chi connectivity index (χ4n) is 2.35. The summed E-state index contributed by atoms with van der Waals surface area (Å²) in [6.45, 7) is 3.96. The van der Waals surface area contributed by atoms with E-state index >= 15 is 0 Å². The zero-order valence-electron chi connectivity index (χ0n) is 15.0. The lowest BCUT2D eigenvalue weighted by molar-refractivity contribution is -0.112. The summed E-state index contributed by atoms with van der Waals surface area (Å²) < 4.78 is 11.2. The van der Waals surface area contributed by atoms with Crippen LogP contribution in [-0.2, 0) is 4.79 Å². The monoisotopic (exact) mass is 414 g/mol. The highest BCUT2D eigenvalue weighted by Crippen LogP contribution is 2.36. The molecule has 0 saturated heterocycles. The van der Waals surface area contributed by atoms with Gasteiger partial charge in [-0.3, -0.25) is 4.79 Å². The standard InChI is InChI=1S/C20H19BrN2O3/c1-12-5-6-16(7-13(12)2)23-20(24)15(11-22)8-14-9-17(21)19(26-4)18(10-14)25-3/h5-10H,1-4H3,(H,23,24)/b15-8+. The number of rotatable bonds is 5. The molecule has 1 amide bonds. The molecule has 1 N–H and O–H groups in total. The van der Waals surface area contributed by atoms with Crippen molar-refractivity contribution in [3.05, 3.63) is 57.1 Å². The van der Waals surface area contributed by atoms with Crippen LogP contribution in [0.1, 0.15) is 16.7 Å². The number of carbonyl (C=O) groups is 1. The summed E-state index contributed by atoms with van der Waals surface area (Å²) in [5.41, 5.74) is 3.47. The van der Waals surface area contributed by atoms with Crippen LogP contribution < -0.4 is 14.8 Å². The number of methoxy groups -OCH3 is 2. The van der Waals surface area contributed by atoms with Gasteiger partial charge < -0.3 is 14.8 Å². The minimum absolute atomic E-state index is 0.0117. The number of nitrogens with zero attached hydrogens (tertiary/aromatic N) is 1. The van der Waals surface area contributed by atoms with Crippen molar-refractivity contribution in [2.75, 3.05) is 19.5 Å². The van der Waals surface area contributed by atoms with Crippen LogP contribution in [0.4, 0.5) is 5.69 Å². The Bertz CT molecular complexity index is 914. The van der Waals surface area contributed by atoms with Crippen molar-refractivity contribution in [3.8, 4) is 17.6 Å². The molecule has 0 aliphatic heterocycles. The van der Waals surface area contributed by atoms with Crippen LogP contribution in [-0.4, -0.2) is 20.1 Å². The lowest BCUT2D eigenvalue weighted by atomic mass is 10.1. The zero-order valence-corrected chi connectivity index (χ0v) is 16.6. The number of aryl methyl sites for hydroxylation is 2. The van der Waals surface area contributed by atoms with Gasteiger partial charge in [-0.25, -0.2) is 0 Å². The fraction of sp³-hybridized carbons (Fsp3) is 0.200. The molecule has 0 aliphatic rings. The number of benzene rings is 2. The quantitative estimate of drug-likeness (QED) is 0.571. The lowest BCUT2D eigenvalue weighted by Gasteiger charge is -2.11. The number of hydrogen-bond acceptors (Lipinski definition) is 4. The van der Waals surface area contributed by atoms with Gasteiger partial charge in [-0.2, -0.15) is 5.26 Å². The van der Waals surface area contributed by atoms with Gasteiger partial charge in [0.05, 0.1) is 18.7 Å². The first-order valence-electron chi connectivity index (χ1n) is 7.81. The van der Waals surface area contributed by atoms with Gasteiger partial charge in [0.15, 0.2) is 11.5 Å². The van der Waals surface area contributed by atoms with E-state index in [0.29, 0.717) is 27.2 Å². The molecule has 6 heteroatoms. The smallest absolute Gasteiger partial charge is 0.266 e. The largest absolute Gasteiger partial charge is 0.493 e. The first-order valence-corrected chi connectivity index (χ1v) is 8.60. The van der Waals surface area contributed by atoms with Crippen molar-refractivity contribution in [1.29, 1.82) is 5.26 Å². The first-order chi connectivity index (χ1) is 12.4. The van der Waals surface area contributed by atoms with Crippen molar-refractivity contribution < 1.29 is 14.3 Å². The van der Waals surface area contributed by atoms with Crippen LogP contribution in [0.5, 0.6) is 11.5 Å². The van der Waals surface area contributed by atoms with Crippen molar-refractivity contribution in [2.45, 2.75) is 13.8 Å². The second-order valence-electron chi connectivity index (χ2n) is 5.66. The number of anilines is 1. The van der Waals surface area contributed by atoms with Gasteiger partial charge in [0.2, 0.25) is 0 Å². The zero-order chi connectivity index (χ0) is 19.3. The second kappa shape index (κ2) is 8.54. The molecule has 2 aromatic carbocycles. The van der Waals surface area contributed by atoms with Gasteiger partial charge in [-0.1, -0.05) is 6.07 Å². The Hall–Kier alpha value is -2.78. The SMILES string of the molecule is COc1cc(/C=C(\C#N)C(=O)Nc2ccc(C)c(C)c2)cc(Br)c1OC. The fourth-order valence-corrected chi connectivity index (χ4v) is 2.98. The molecule has 0 saturated carbocycles. The summed E-state index contributed by atoms with van der Waals surface area (Å²) in [7, 11) is 3.06. The van der Waals surface area contributed by atoms with Gasteiger partial charge in [0.25, 0.3) is 5.91 Å². The molecule has 0 aliphatic carbocycles. The molecule has 0 unspecified atom stereocenters. The highest BCUT2D eigenvalue weighted by Gasteiger charge is 2.13. The van der Waals surface area contributed by atoms with Crippen LogP contribution in [0.3, 0.4) is 0 Å². The first kappa shape index (κ1) is 19.5. The topological polar surface area (TPSA) is 71.3 Å². The molecular formula is C20H19BrN2O3. The van der Waals surface area contributed by atoms with Crippen LogP contribution in [0.2, 0.25) is 0 Å². The molecular weight excluding hydrogens is 396 g/mol. The molecule has 0 aromatic heterocycles. The Balaban J connectivity index is 2.32.